The standard InChI is InChI=1S/C21H22N4/c1-21(2,3)15-8-9-18-16(10-15)19(17(12-23)20(24)25-18)14-6-4-13(11-22)5-7-14/h4-7,15H,8-10H2,1-3H3,(H2,24,25). The van der Waals surface area contributed by atoms with Crippen molar-refractivity contribution in [3.63, 3.8) is 0 Å². The summed E-state index contributed by atoms with van der Waals surface area (Å²) in [6.45, 7) is 6.79. The van der Waals surface area contributed by atoms with Crippen molar-refractivity contribution in [3.8, 4) is 23.3 Å². The van der Waals surface area contributed by atoms with Crippen molar-refractivity contribution >= 4 is 5.82 Å². The van der Waals surface area contributed by atoms with Crippen LogP contribution in [0.25, 0.3) is 11.1 Å². The first-order valence-corrected chi connectivity index (χ1v) is 8.57. The second-order valence-corrected chi connectivity index (χ2v) is 7.78. The Labute approximate surface area is 148 Å². The molecule has 4 nitrogen and oxygen atoms in total. The van der Waals surface area contributed by atoms with Gasteiger partial charge >= 0.3 is 0 Å². The van der Waals surface area contributed by atoms with Crippen LogP contribution in [0.15, 0.2) is 24.3 Å². The summed E-state index contributed by atoms with van der Waals surface area (Å²) >= 11 is 0. The third-order valence-electron chi connectivity index (χ3n) is 5.23. The van der Waals surface area contributed by atoms with E-state index in [9.17, 15) is 5.26 Å². The van der Waals surface area contributed by atoms with Crippen molar-refractivity contribution in [1.29, 1.82) is 10.5 Å². The average molecular weight is 330 g/mol. The van der Waals surface area contributed by atoms with Crippen molar-refractivity contribution in [2.45, 2.75) is 40.0 Å². The number of aromatic nitrogens is 1. The lowest BCUT2D eigenvalue weighted by Crippen LogP contribution is -2.28. The van der Waals surface area contributed by atoms with Crippen molar-refractivity contribution in [3.05, 3.63) is 46.6 Å². The van der Waals surface area contributed by atoms with Crippen LogP contribution in [0.3, 0.4) is 0 Å². The number of nitriles is 2. The van der Waals surface area contributed by atoms with Gasteiger partial charge in [-0.3, -0.25) is 0 Å². The van der Waals surface area contributed by atoms with E-state index in [0.717, 1.165) is 41.6 Å². The Morgan fingerprint density at radius 1 is 1.12 bits per heavy atom. The molecule has 0 saturated carbocycles. The second-order valence-electron chi connectivity index (χ2n) is 7.78. The number of hydrogen-bond donors (Lipinski definition) is 1. The normalized spacial score (nSPS) is 16.6. The molecule has 2 aromatic rings. The lowest BCUT2D eigenvalue weighted by atomic mass is 9.70. The van der Waals surface area contributed by atoms with E-state index in [0.29, 0.717) is 22.9 Å². The monoisotopic (exact) mass is 330 g/mol. The Hall–Kier alpha value is -2.85. The number of nitrogens with zero attached hydrogens (tertiary/aromatic N) is 3. The van der Waals surface area contributed by atoms with Gasteiger partial charge < -0.3 is 5.73 Å². The minimum atomic E-state index is 0.202. The van der Waals surface area contributed by atoms with Gasteiger partial charge in [0, 0.05) is 11.3 Å². The second kappa shape index (κ2) is 6.22. The molecule has 0 fully saturated rings. The van der Waals surface area contributed by atoms with Crippen LogP contribution in [0.5, 0.6) is 0 Å². The van der Waals surface area contributed by atoms with E-state index < -0.39 is 0 Å². The fourth-order valence-corrected chi connectivity index (χ4v) is 3.66. The zero-order valence-electron chi connectivity index (χ0n) is 14.9. The van der Waals surface area contributed by atoms with Crippen LogP contribution >= 0.6 is 0 Å². The minimum Gasteiger partial charge on any atom is -0.383 e. The van der Waals surface area contributed by atoms with Gasteiger partial charge in [0.2, 0.25) is 0 Å². The van der Waals surface area contributed by atoms with Crippen LogP contribution in [0, 0.1) is 34.0 Å². The van der Waals surface area contributed by atoms with E-state index in [4.69, 9.17) is 11.0 Å². The van der Waals surface area contributed by atoms with Crippen LogP contribution in [-0.2, 0) is 12.8 Å². The summed E-state index contributed by atoms with van der Waals surface area (Å²) in [7, 11) is 0. The molecule has 0 amide bonds. The summed E-state index contributed by atoms with van der Waals surface area (Å²) in [5, 5.41) is 18.7. The average Bonchev–Trinajstić information content (AvgIpc) is 2.59. The smallest absolute Gasteiger partial charge is 0.142 e. The number of anilines is 1. The molecule has 0 bridgehead atoms. The molecule has 0 radical (unpaired) electrons. The fourth-order valence-electron chi connectivity index (χ4n) is 3.66. The Morgan fingerprint density at radius 2 is 1.80 bits per heavy atom. The first-order chi connectivity index (χ1) is 11.8. The van der Waals surface area contributed by atoms with E-state index in [1.807, 2.05) is 12.1 Å². The quantitative estimate of drug-likeness (QED) is 0.848. The summed E-state index contributed by atoms with van der Waals surface area (Å²) < 4.78 is 0. The molecule has 0 spiro atoms. The molecule has 1 unspecified atom stereocenters. The van der Waals surface area contributed by atoms with Gasteiger partial charge in [0.05, 0.1) is 11.6 Å². The van der Waals surface area contributed by atoms with Crippen LogP contribution in [0.4, 0.5) is 5.82 Å². The SMILES string of the molecule is CC(C)(C)C1CCc2nc(N)c(C#N)c(-c3ccc(C#N)cc3)c2C1. The Kier molecular flexibility index (Phi) is 4.23. The molecule has 1 aliphatic rings. The zero-order chi connectivity index (χ0) is 18.2. The van der Waals surface area contributed by atoms with Gasteiger partial charge in [0.25, 0.3) is 0 Å². The summed E-state index contributed by atoms with van der Waals surface area (Å²) in [5.74, 6) is 0.837. The zero-order valence-corrected chi connectivity index (χ0v) is 14.9. The molecule has 25 heavy (non-hydrogen) atoms. The minimum absolute atomic E-state index is 0.202. The van der Waals surface area contributed by atoms with E-state index in [1.165, 1.54) is 0 Å². The Bertz CT molecular complexity index is 890. The van der Waals surface area contributed by atoms with E-state index >= 15 is 0 Å². The van der Waals surface area contributed by atoms with Crippen LogP contribution in [0.1, 0.15) is 49.6 Å². The molecule has 1 aromatic heterocycles. The van der Waals surface area contributed by atoms with Gasteiger partial charge in [0.1, 0.15) is 17.5 Å². The highest BCUT2D eigenvalue weighted by Gasteiger charge is 2.32. The summed E-state index contributed by atoms with van der Waals surface area (Å²) in [5.41, 5.74) is 11.3. The highest BCUT2D eigenvalue weighted by molar-refractivity contribution is 5.79. The van der Waals surface area contributed by atoms with Crippen molar-refractivity contribution in [2.24, 2.45) is 11.3 Å². The maximum Gasteiger partial charge on any atom is 0.142 e. The van der Waals surface area contributed by atoms with Gasteiger partial charge in [-0.1, -0.05) is 32.9 Å². The van der Waals surface area contributed by atoms with Crippen molar-refractivity contribution in [2.75, 3.05) is 5.73 Å². The predicted octanol–water partition coefficient (Wildman–Crippen LogP) is 4.23. The molecule has 4 heteroatoms. The maximum atomic E-state index is 9.67. The Balaban J connectivity index is 2.21. The predicted molar refractivity (Wildman–Crippen MR) is 98.5 cm³/mol. The number of hydrogen-bond acceptors (Lipinski definition) is 4. The first-order valence-electron chi connectivity index (χ1n) is 8.57. The molecule has 1 aromatic carbocycles. The number of nitrogen functional groups attached to an aromatic ring is 1. The lowest BCUT2D eigenvalue weighted by molar-refractivity contribution is 0.215. The van der Waals surface area contributed by atoms with E-state index in [1.54, 1.807) is 12.1 Å². The third-order valence-corrected chi connectivity index (χ3v) is 5.23. The molecule has 0 saturated heterocycles. The highest BCUT2D eigenvalue weighted by Crippen LogP contribution is 2.42. The van der Waals surface area contributed by atoms with Gasteiger partial charge in [-0.2, -0.15) is 10.5 Å². The molecule has 2 N–H and O–H groups in total. The topological polar surface area (TPSA) is 86.5 Å². The highest BCUT2D eigenvalue weighted by atomic mass is 14.9. The van der Waals surface area contributed by atoms with Crippen LogP contribution < -0.4 is 5.73 Å². The number of fused-ring (bicyclic) bond motifs is 1. The molecule has 0 aliphatic heterocycles. The summed E-state index contributed by atoms with van der Waals surface area (Å²) in [6.07, 6.45) is 2.87. The summed E-state index contributed by atoms with van der Waals surface area (Å²) in [4.78, 5) is 4.52. The molecule has 3 rings (SSSR count). The van der Waals surface area contributed by atoms with Crippen LogP contribution in [0.2, 0.25) is 0 Å². The molecule has 126 valence electrons. The van der Waals surface area contributed by atoms with Gasteiger partial charge in [-0.25, -0.2) is 4.98 Å². The van der Waals surface area contributed by atoms with Gasteiger partial charge in [0.15, 0.2) is 0 Å². The molecular formula is C21H22N4. The van der Waals surface area contributed by atoms with Crippen LogP contribution in [-0.4, -0.2) is 4.98 Å². The number of nitrogens with two attached hydrogens (primary N) is 1. The van der Waals surface area contributed by atoms with Gasteiger partial charge in [-0.05, 0) is 53.9 Å². The summed E-state index contributed by atoms with van der Waals surface area (Å²) in [6, 6.07) is 11.7. The molecule has 1 aliphatic carbocycles. The number of aryl methyl sites for hydroxylation is 1. The number of benzene rings is 1. The molecule has 1 atom stereocenters. The van der Waals surface area contributed by atoms with E-state index in [-0.39, 0.29) is 5.41 Å². The van der Waals surface area contributed by atoms with E-state index in [2.05, 4.69) is 37.9 Å². The third kappa shape index (κ3) is 3.08. The van der Waals surface area contributed by atoms with Crippen molar-refractivity contribution in [1.82, 2.24) is 4.98 Å². The first kappa shape index (κ1) is 17.0. The Morgan fingerprint density at radius 3 is 2.36 bits per heavy atom. The van der Waals surface area contributed by atoms with Crippen molar-refractivity contribution < 1.29 is 0 Å². The van der Waals surface area contributed by atoms with Gasteiger partial charge in [-0.15, -0.1) is 0 Å². The fraction of sp³-hybridized carbons (Fsp3) is 0.381. The number of pyridine rings is 1. The maximum absolute atomic E-state index is 9.67. The lowest BCUT2D eigenvalue weighted by Gasteiger charge is -2.35. The number of rotatable bonds is 1. The molecular weight excluding hydrogens is 308 g/mol. The molecule has 1 heterocycles. The largest absolute Gasteiger partial charge is 0.383 e.